The summed E-state index contributed by atoms with van der Waals surface area (Å²) in [7, 11) is -3.49. The predicted octanol–water partition coefficient (Wildman–Crippen LogP) is 0.722. The summed E-state index contributed by atoms with van der Waals surface area (Å²) in [6.07, 6.45) is 0.350. The van der Waals surface area contributed by atoms with Crippen LogP contribution in [0.25, 0.3) is 11.0 Å². The topological polar surface area (TPSA) is 115 Å². The number of carboxylic acid groups (broad SMARTS) is 1. The maximum absolute atomic E-state index is 11.0. The number of hydrogen-bond acceptors (Lipinski definition) is 4. The van der Waals surface area contributed by atoms with E-state index in [-0.39, 0.29) is 11.3 Å². The van der Waals surface area contributed by atoms with Gasteiger partial charge in [-0.25, -0.2) is 23.3 Å². The lowest BCUT2D eigenvalue weighted by Gasteiger charge is -2.06. The molecule has 0 bridgehead atoms. The highest BCUT2D eigenvalue weighted by atomic mass is 32.2. The number of sulfonamides is 1. The van der Waals surface area contributed by atoms with Gasteiger partial charge in [0, 0.05) is 6.54 Å². The summed E-state index contributed by atoms with van der Waals surface area (Å²) in [5, 5.41) is 14.0. The summed E-state index contributed by atoms with van der Waals surface area (Å²) < 4.78 is 23.7. The molecule has 20 heavy (non-hydrogen) atoms. The van der Waals surface area contributed by atoms with Gasteiger partial charge in [-0.3, -0.25) is 0 Å². The summed E-state index contributed by atoms with van der Waals surface area (Å²) in [5.41, 5.74) is 1.53. The number of aromatic nitrogens is 2. The first-order valence-electron chi connectivity index (χ1n) is 5.98. The van der Waals surface area contributed by atoms with E-state index in [1.54, 1.807) is 17.6 Å². The molecule has 1 aromatic heterocycles. The van der Waals surface area contributed by atoms with Crippen molar-refractivity contribution < 1.29 is 18.3 Å². The standard InChI is InChI=1S/C12H15N3O4S/c1-8-14-10-4-3-9(12(16)17)7-11(10)15(8)5-2-6-20(13,18)19/h3-4,7H,2,5-6H2,1H3,(H,16,17)(H2,13,18,19). The lowest BCUT2D eigenvalue weighted by molar-refractivity contribution is 0.0697. The number of aromatic carboxylic acids is 1. The van der Waals surface area contributed by atoms with E-state index in [1.807, 2.05) is 0 Å². The van der Waals surface area contributed by atoms with Crippen LogP contribution in [-0.2, 0) is 16.6 Å². The maximum Gasteiger partial charge on any atom is 0.335 e. The smallest absolute Gasteiger partial charge is 0.335 e. The average molecular weight is 297 g/mol. The van der Waals surface area contributed by atoms with Crippen molar-refractivity contribution in [3.05, 3.63) is 29.6 Å². The number of nitrogens with zero attached hydrogens (tertiary/aromatic N) is 2. The maximum atomic E-state index is 11.0. The number of carboxylic acids is 1. The van der Waals surface area contributed by atoms with Gasteiger partial charge in [0.05, 0.1) is 22.3 Å². The quantitative estimate of drug-likeness (QED) is 0.843. The van der Waals surface area contributed by atoms with Crippen LogP contribution in [0.4, 0.5) is 0 Å². The third-order valence-corrected chi connectivity index (χ3v) is 3.85. The van der Waals surface area contributed by atoms with E-state index in [0.29, 0.717) is 29.8 Å². The Morgan fingerprint density at radius 3 is 2.75 bits per heavy atom. The van der Waals surface area contributed by atoms with Crippen LogP contribution < -0.4 is 5.14 Å². The molecule has 0 saturated heterocycles. The largest absolute Gasteiger partial charge is 0.478 e. The van der Waals surface area contributed by atoms with E-state index >= 15 is 0 Å². The molecule has 108 valence electrons. The van der Waals surface area contributed by atoms with Crippen molar-refractivity contribution in [2.75, 3.05) is 5.75 Å². The Hall–Kier alpha value is -1.93. The Balaban J connectivity index is 2.34. The van der Waals surface area contributed by atoms with E-state index in [0.717, 1.165) is 0 Å². The normalized spacial score (nSPS) is 11.9. The molecule has 1 heterocycles. The average Bonchev–Trinajstić information content (AvgIpc) is 2.63. The van der Waals surface area contributed by atoms with Gasteiger partial charge in [-0.15, -0.1) is 0 Å². The second-order valence-electron chi connectivity index (χ2n) is 4.54. The highest BCUT2D eigenvalue weighted by Crippen LogP contribution is 2.18. The second kappa shape index (κ2) is 5.22. The van der Waals surface area contributed by atoms with Gasteiger partial charge in [0.25, 0.3) is 0 Å². The summed E-state index contributed by atoms with van der Waals surface area (Å²) in [6.45, 7) is 2.21. The van der Waals surface area contributed by atoms with E-state index in [2.05, 4.69) is 4.98 Å². The highest BCUT2D eigenvalue weighted by molar-refractivity contribution is 7.89. The Bertz CT molecular complexity index is 764. The van der Waals surface area contributed by atoms with Crippen LogP contribution in [0.3, 0.4) is 0 Å². The van der Waals surface area contributed by atoms with Crippen molar-refractivity contribution in [1.82, 2.24) is 9.55 Å². The van der Waals surface area contributed by atoms with Gasteiger partial charge in [-0.05, 0) is 31.5 Å². The molecule has 0 spiro atoms. The molecule has 8 heteroatoms. The number of benzene rings is 1. The molecule has 1 aromatic carbocycles. The van der Waals surface area contributed by atoms with Gasteiger partial charge < -0.3 is 9.67 Å². The van der Waals surface area contributed by atoms with Gasteiger partial charge in [0.1, 0.15) is 5.82 Å². The number of nitrogens with two attached hydrogens (primary N) is 1. The number of fused-ring (bicyclic) bond motifs is 1. The van der Waals surface area contributed by atoms with Crippen LogP contribution in [0, 0.1) is 6.92 Å². The molecular weight excluding hydrogens is 282 g/mol. The van der Waals surface area contributed by atoms with E-state index in [1.165, 1.54) is 12.1 Å². The van der Waals surface area contributed by atoms with Gasteiger partial charge in [0.2, 0.25) is 10.0 Å². The number of imidazole rings is 1. The van der Waals surface area contributed by atoms with Crippen LogP contribution in [0.15, 0.2) is 18.2 Å². The molecule has 0 unspecified atom stereocenters. The molecule has 7 nitrogen and oxygen atoms in total. The van der Waals surface area contributed by atoms with Crippen LogP contribution in [0.5, 0.6) is 0 Å². The Labute approximate surface area is 116 Å². The molecule has 0 aliphatic heterocycles. The van der Waals surface area contributed by atoms with Crippen LogP contribution in [-0.4, -0.2) is 34.8 Å². The fourth-order valence-corrected chi connectivity index (χ4v) is 2.61. The molecule has 0 aliphatic carbocycles. The minimum atomic E-state index is -3.49. The highest BCUT2D eigenvalue weighted by Gasteiger charge is 2.11. The Morgan fingerprint density at radius 2 is 2.15 bits per heavy atom. The predicted molar refractivity (Wildman–Crippen MR) is 74.0 cm³/mol. The third-order valence-electron chi connectivity index (χ3n) is 3.00. The first-order valence-corrected chi connectivity index (χ1v) is 7.70. The lowest BCUT2D eigenvalue weighted by atomic mass is 10.2. The van der Waals surface area contributed by atoms with Crippen molar-refractivity contribution in [1.29, 1.82) is 0 Å². The molecule has 0 fully saturated rings. The number of primary sulfonamides is 1. The van der Waals surface area contributed by atoms with Crippen LogP contribution in [0.1, 0.15) is 22.6 Å². The number of hydrogen-bond donors (Lipinski definition) is 2. The van der Waals surface area contributed by atoms with Crippen molar-refractivity contribution in [2.45, 2.75) is 19.9 Å². The van der Waals surface area contributed by atoms with Crippen molar-refractivity contribution in [2.24, 2.45) is 5.14 Å². The summed E-state index contributed by atoms with van der Waals surface area (Å²) in [4.78, 5) is 15.3. The van der Waals surface area contributed by atoms with Gasteiger partial charge in [-0.2, -0.15) is 0 Å². The van der Waals surface area contributed by atoms with E-state index in [9.17, 15) is 13.2 Å². The van der Waals surface area contributed by atoms with E-state index in [4.69, 9.17) is 10.2 Å². The molecule has 2 aromatic rings. The molecule has 0 radical (unpaired) electrons. The molecule has 2 rings (SSSR count). The second-order valence-corrected chi connectivity index (χ2v) is 6.27. The lowest BCUT2D eigenvalue weighted by Crippen LogP contribution is -2.18. The molecule has 0 amide bonds. The number of rotatable bonds is 5. The van der Waals surface area contributed by atoms with Gasteiger partial charge >= 0.3 is 5.97 Å². The summed E-state index contributed by atoms with van der Waals surface area (Å²) >= 11 is 0. The van der Waals surface area contributed by atoms with Gasteiger partial charge in [-0.1, -0.05) is 0 Å². The van der Waals surface area contributed by atoms with Crippen LogP contribution >= 0.6 is 0 Å². The molecular formula is C12H15N3O4S. The monoisotopic (exact) mass is 297 g/mol. The van der Waals surface area contributed by atoms with Crippen LogP contribution in [0.2, 0.25) is 0 Å². The molecule has 0 aliphatic rings. The van der Waals surface area contributed by atoms with E-state index < -0.39 is 16.0 Å². The first kappa shape index (κ1) is 14.5. The zero-order chi connectivity index (χ0) is 14.9. The zero-order valence-electron chi connectivity index (χ0n) is 10.9. The van der Waals surface area contributed by atoms with Crippen molar-refractivity contribution in [3.8, 4) is 0 Å². The number of carbonyl (C=O) groups is 1. The molecule has 0 saturated carbocycles. The summed E-state index contributed by atoms with van der Waals surface area (Å²) in [6, 6.07) is 4.67. The summed E-state index contributed by atoms with van der Waals surface area (Å²) in [5.74, 6) is -0.427. The van der Waals surface area contributed by atoms with Crippen molar-refractivity contribution in [3.63, 3.8) is 0 Å². The fraction of sp³-hybridized carbons (Fsp3) is 0.333. The van der Waals surface area contributed by atoms with Gasteiger partial charge in [0.15, 0.2) is 0 Å². The number of aryl methyl sites for hydroxylation is 2. The Kier molecular flexibility index (Phi) is 3.78. The zero-order valence-corrected chi connectivity index (χ0v) is 11.7. The SMILES string of the molecule is Cc1nc2ccc(C(=O)O)cc2n1CCCS(N)(=O)=O. The first-order chi connectivity index (χ1) is 9.28. The minimum absolute atomic E-state index is 0.120. The Morgan fingerprint density at radius 1 is 1.45 bits per heavy atom. The minimum Gasteiger partial charge on any atom is -0.478 e. The fourth-order valence-electron chi connectivity index (χ4n) is 2.08. The van der Waals surface area contributed by atoms with Crippen molar-refractivity contribution >= 4 is 27.0 Å². The molecule has 3 N–H and O–H groups in total. The molecule has 0 atom stereocenters. The third kappa shape index (κ3) is 3.14.